The number of amidine groups is 1. The zero-order valence-corrected chi connectivity index (χ0v) is 8.93. The van der Waals surface area contributed by atoms with Crippen molar-refractivity contribution in [1.29, 1.82) is 5.41 Å². The number of nitrogens with one attached hydrogen (secondary N) is 1. The van der Waals surface area contributed by atoms with Crippen LogP contribution in [0.5, 0.6) is 0 Å². The first-order valence-electron chi connectivity index (χ1n) is 4.85. The molecule has 4 N–H and O–H groups in total. The van der Waals surface area contributed by atoms with Crippen LogP contribution in [0.25, 0.3) is 0 Å². The van der Waals surface area contributed by atoms with Crippen molar-refractivity contribution in [2.24, 2.45) is 5.73 Å². The molecule has 5 nitrogen and oxygen atoms in total. The molecule has 0 radical (unpaired) electrons. The highest BCUT2D eigenvalue weighted by atomic mass is 16.5. The van der Waals surface area contributed by atoms with Crippen LogP contribution in [0.2, 0.25) is 0 Å². The molecule has 0 heterocycles. The molecule has 0 saturated heterocycles. The molecule has 1 rings (SSSR count). The van der Waals surface area contributed by atoms with Gasteiger partial charge < -0.3 is 15.6 Å². The molecular weight excluding hydrogens is 208 g/mol. The van der Waals surface area contributed by atoms with Gasteiger partial charge in [0.15, 0.2) is 6.10 Å². The highest BCUT2D eigenvalue weighted by Gasteiger charge is 2.18. The molecule has 1 aromatic rings. The summed E-state index contributed by atoms with van der Waals surface area (Å²) in [6.45, 7) is 1.89. The van der Waals surface area contributed by atoms with E-state index in [1.807, 2.05) is 0 Å². The Morgan fingerprint density at radius 3 is 2.50 bits per heavy atom. The minimum atomic E-state index is -1.29. The molecule has 1 aromatic carbocycles. The molecule has 0 spiro atoms. The molecule has 0 bridgehead atoms. The van der Waals surface area contributed by atoms with Crippen LogP contribution in [0.1, 0.15) is 24.2 Å². The fourth-order valence-electron chi connectivity index (χ4n) is 1.20. The lowest BCUT2D eigenvalue weighted by atomic mass is 10.1. The summed E-state index contributed by atoms with van der Waals surface area (Å²) in [4.78, 5) is 11.2. The summed E-state index contributed by atoms with van der Waals surface area (Å²) in [6, 6.07) is 6.22. The normalized spacial score (nSPS) is 11.9. The molecule has 0 saturated carbocycles. The van der Waals surface area contributed by atoms with Crippen LogP contribution < -0.4 is 5.73 Å². The van der Waals surface area contributed by atoms with Crippen LogP contribution in [-0.4, -0.2) is 23.5 Å². The summed E-state index contributed by atoms with van der Waals surface area (Å²) in [5.41, 5.74) is 6.24. The second-order valence-electron chi connectivity index (χ2n) is 3.19. The van der Waals surface area contributed by atoms with Gasteiger partial charge in [-0.05, 0) is 12.5 Å². The summed E-state index contributed by atoms with van der Waals surface area (Å²) < 4.78 is 4.68. The Morgan fingerprint density at radius 2 is 2.06 bits per heavy atom. The summed E-state index contributed by atoms with van der Waals surface area (Å²) >= 11 is 0. The standard InChI is InChI=1S/C11H14N2O3/c1-2-16-11(15)9(14)7-3-5-8(6-4-7)10(12)13/h3-6,9,14H,2H2,1H3,(H3,12,13). The van der Waals surface area contributed by atoms with Crippen LogP contribution in [0.15, 0.2) is 24.3 Å². The lowest BCUT2D eigenvalue weighted by molar-refractivity contribution is -0.153. The molecule has 0 aliphatic heterocycles. The van der Waals surface area contributed by atoms with E-state index in [2.05, 4.69) is 4.74 Å². The number of hydrogen-bond acceptors (Lipinski definition) is 4. The van der Waals surface area contributed by atoms with E-state index >= 15 is 0 Å². The van der Waals surface area contributed by atoms with Crippen molar-refractivity contribution in [3.05, 3.63) is 35.4 Å². The number of ether oxygens (including phenoxy) is 1. The number of aliphatic hydroxyl groups is 1. The highest BCUT2D eigenvalue weighted by molar-refractivity contribution is 5.95. The van der Waals surface area contributed by atoms with Gasteiger partial charge in [-0.2, -0.15) is 0 Å². The van der Waals surface area contributed by atoms with Crippen molar-refractivity contribution in [2.45, 2.75) is 13.0 Å². The van der Waals surface area contributed by atoms with E-state index in [1.54, 1.807) is 31.2 Å². The number of rotatable bonds is 4. The molecule has 1 unspecified atom stereocenters. The third-order valence-corrected chi connectivity index (χ3v) is 2.05. The van der Waals surface area contributed by atoms with E-state index in [4.69, 9.17) is 11.1 Å². The van der Waals surface area contributed by atoms with Crippen molar-refractivity contribution >= 4 is 11.8 Å². The van der Waals surface area contributed by atoms with Gasteiger partial charge in [0.2, 0.25) is 0 Å². The van der Waals surface area contributed by atoms with Crippen molar-refractivity contribution in [3.63, 3.8) is 0 Å². The smallest absolute Gasteiger partial charge is 0.339 e. The van der Waals surface area contributed by atoms with Crippen molar-refractivity contribution in [3.8, 4) is 0 Å². The molecule has 0 aromatic heterocycles. The lowest BCUT2D eigenvalue weighted by Crippen LogP contribution is -2.16. The zero-order chi connectivity index (χ0) is 12.1. The Bertz CT molecular complexity index is 387. The Kier molecular flexibility index (Phi) is 4.02. The molecule has 0 aliphatic rings. The van der Waals surface area contributed by atoms with Gasteiger partial charge in [0.1, 0.15) is 5.84 Å². The van der Waals surface area contributed by atoms with Crippen molar-refractivity contribution in [2.75, 3.05) is 6.61 Å². The van der Waals surface area contributed by atoms with Gasteiger partial charge in [-0.1, -0.05) is 24.3 Å². The maximum absolute atomic E-state index is 11.2. The van der Waals surface area contributed by atoms with E-state index in [1.165, 1.54) is 0 Å². The summed E-state index contributed by atoms with van der Waals surface area (Å²) in [7, 11) is 0. The summed E-state index contributed by atoms with van der Waals surface area (Å²) in [5.74, 6) is -0.741. The number of carbonyl (C=O) groups is 1. The largest absolute Gasteiger partial charge is 0.464 e. The van der Waals surface area contributed by atoms with Gasteiger partial charge in [0, 0.05) is 5.56 Å². The number of benzene rings is 1. The second-order valence-corrected chi connectivity index (χ2v) is 3.19. The molecular formula is C11H14N2O3. The SMILES string of the molecule is CCOC(=O)C(O)c1ccc(C(=N)N)cc1. The maximum atomic E-state index is 11.2. The fourth-order valence-corrected chi connectivity index (χ4v) is 1.20. The number of aliphatic hydroxyl groups excluding tert-OH is 1. The van der Waals surface area contributed by atoms with Gasteiger partial charge >= 0.3 is 5.97 Å². The second kappa shape index (κ2) is 5.27. The van der Waals surface area contributed by atoms with E-state index in [0.29, 0.717) is 11.1 Å². The molecule has 1 atom stereocenters. The predicted octanol–water partition coefficient (Wildman–Crippen LogP) is 0.567. The monoisotopic (exact) mass is 222 g/mol. The molecule has 0 amide bonds. The highest BCUT2D eigenvalue weighted by Crippen LogP contribution is 2.15. The number of esters is 1. The van der Waals surface area contributed by atoms with Crippen LogP contribution in [0.4, 0.5) is 0 Å². The zero-order valence-electron chi connectivity index (χ0n) is 8.93. The molecule has 0 aliphatic carbocycles. The average Bonchev–Trinajstić information content (AvgIpc) is 2.28. The van der Waals surface area contributed by atoms with E-state index in [9.17, 15) is 9.90 Å². The van der Waals surface area contributed by atoms with Gasteiger partial charge in [0.25, 0.3) is 0 Å². The van der Waals surface area contributed by atoms with E-state index in [-0.39, 0.29) is 12.4 Å². The number of nitrogens with two attached hydrogens (primary N) is 1. The molecule has 0 fully saturated rings. The quantitative estimate of drug-likeness (QED) is 0.394. The third kappa shape index (κ3) is 2.80. The number of carbonyl (C=O) groups excluding carboxylic acids is 1. The first-order valence-corrected chi connectivity index (χ1v) is 4.85. The Morgan fingerprint density at radius 1 is 1.50 bits per heavy atom. The van der Waals surface area contributed by atoms with Gasteiger partial charge in [-0.25, -0.2) is 4.79 Å². The lowest BCUT2D eigenvalue weighted by Gasteiger charge is -2.10. The predicted molar refractivity (Wildman–Crippen MR) is 59.1 cm³/mol. The number of nitrogen functional groups attached to an aromatic ring is 1. The van der Waals surface area contributed by atoms with Gasteiger partial charge in [-0.15, -0.1) is 0 Å². The first-order chi connectivity index (χ1) is 7.56. The van der Waals surface area contributed by atoms with Crippen LogP contribution in [-0.2, 0) is 9.53 Å². The minimum Gasteiger partial charge on any atom is -0.464 e. The Balaban J connectivity index is 2.81. The fraction of sp³-hybridized carbons (Fsp3) is 0.273. The average molecular weight is 222 g/mol. The maximum Gasteiger partial charge on any atom is 0.339 e. The van der Waals surface area contributed by atoms with Crippen LogP contribution in [0, 0.1) is 5.41 Å². The first kappa shape index (κ1) is 12.2. The molecule has 5 heteroatoms. The molecule has 86 valence electrons. The Hall–Kier alpha value is -1.88. The third-order valence-electron chi connectivity index (χ3n) is 2.05. The van der Waals surface area contributed by atoms with Crippen molar-refractivity contribution < 1.29 is 14.6 Å². The minimum absolute atomic E-state index is 0.0582. The molecule has 16 heavy (non-hydrogen) atoms. The topological polar surface area (TPSA) is 96.4 Å². The van der Waals surface area contributed by atoms with E-state index in [0.717, 1.165) is 0 Å². The van der Waals surface area contributed by atoms with Crippen LogP contribution >= 0.6 is 0 Å². The van der Waals surface area contributed by atoms with Crippen molar-refractivity contribution in [1.82, 2.24) is 0 Å². The number of hydrogen-bond donors (Lipinski definition) is 3. The van der Waals surface area contributed by atoms with Crippen LogP contribution in [0.3, 0.4) is 0 Å². The Labute approximate surface area is 93.4 Å². The van der Waals surface area contributed by atoms with E-state index < -0.39 is 12.1 Å². The summed E-state index contributed by atoms with van der Waals surface area (Å²) in [6.07, 6.45) is -1.29. The van der Waals surface area contributed by atoms with Gasteiger partial charge in [0.05, 0.1) is 6.61 Å². The van der Waals surface area contributed by atoms with Gasteiger partial charge in [-0.3, -0.25) is 5.41 Å². The summed E-state index contributed by atoms with van der Waals surface area (Å²) in [5, 5.41) is 16.8.